The third-order valence-electron chi connectivity index (χ3n) is 4.93. The fraction of sp³-hybridized carbons (Fsp3) is 0.350. The number of nitrogens with zero attached hydrogens (tertiary/aromatic N) is 2. The maximum atomic E-state index is 14.6. The van der Waals surface area contributed by atoms with Crippen molar-refractivity contribution in [2.75, 3.05) is 11.9 Å². The van der Waals surface area contributed by atoms with Crippen LogP contribution in [0.25, 0.3) is 0 Å². The Morgan fingerprint density at radius 1 is 1.25 bits per heavy atom. The van der Waals surface area contributed by atoms with Gasteiger partial charge in [-0.15, -0.1) is 0 Å². The molecule has 0 aromatic heterocycles. The predicted molar refractivity (Wildman–Crippen MR) is 103 cm³/mol. The maximum Gasteiger partial charge on any atom is 0.134 e. The molecule has 2 aromatic carbocycles. The summed E-state index contributed by atoms with van der Waals surface area (Å²) in [7, 11) is 2.04. The summed E-state index contributed by atoms with van der Waals surface area (Å²) in [6.07, 6.45) is 2.66. The van der Waals surface area contributed by atoms with Gasteiger partial charge in [-0.2, -0.15) is 0 Å². The Kier molecular flexibility index (Phi) is 4.52. The van der Waals surface area contributed by atoms with Gasteiger partial charge in [0.25, 0.3) is 0 Å². The first-order valence-corrected chi connectivity index (χ1v) is 8.94. The molecule has 1 atom stereocenters. The summed E-state index contributed by atoms with van der Waals surface area (Å²) in [5.74, 6) is 0.165. The minimum Gasteiger partial charge on any atom is -0.369 e. The smallest absolute Gasteiger partial charge is 0.134 e. The molecule has 4 heteroatoms. The van der Waals surface area contributed by atoms with Gasteiger partial charge in [-0.3, -0.25) is 4.99 Å². The third kappa shape index (κ3) is 3.25. The van der Waals surface area contributed by atoms with E-state index in [0.717, 1.165) is 22.3 Å². The molecule has 3 rings (SSSR count). The lowest BCUT2D eigenvalue weighted by Gasteiger charge is -2.45. The molecule has 0 saturated heterocycles. The Hall–Kier alpha value is -1.68. The second-order valence-electron chi connectivity index (χ2n) is 7.14. The van der Waals surface area contributed by atoms with Gasteiger partial charge in [0.05, 0.1) is 5.69 Å². The first-order chi connectivity index (χ1) is 11.3. The molecule has 2 aromatic rings. The van der Waals surface area contributed by atoms with Crippen LogP contribution in [0.4, 0.5) is 15.8 Å². The number of fused-ring (bicyclic) bond motifs is 1. The van der Waals surface area contributed by atoms with Gasteiger partial charge in [-0.25, -0.2) is 4.39 Å². The second kappa shape index (κ2) is 6.32. The number of benzene rings is 2. The number of rotatable bonds is 2. The van der Waals surface area contributed by atoms with Crippen LogP contribution >= 0.6 is 15.9 Å². The van der Waals surface area contributed by atoms with Gasteiger partial charge >= 0.3 is 0 Å². The van der Waals surface area contributed by atoms with Gasteiger partial charge in [-0.1, -0.05) is 22.9 Å². The van der Waals surface area contributed by atoms with Crippen molar-refractivity contribution in [3.05, 3.63) is 57.8 Å². The molecular weight excluding hydrogens is 367 g/mol. The molecule has 1 unspecified atom stereocenters. The van der Waals surface area contributed by atoms with Crippen LogP contribution in [0.3, 0.4) is 0 Å². The number of aliphatic imine (C=N–C) groups is 1. The summed E-state index contributed by atoms with van der Waals surface area (Å²) < 4.78 is 15.6. The van der Waals surface area contributed by atoms with Crippen LogP contribution in [0.2, 0.25) is 0 Å². The number of anilines is 1. The summed E-state index contributed by atoms with van der Waals surface area (Å²) in [6, 6.07) is 11.2. The Balaban J connectivity index is 1.97. The molecule has 0 aliphatic carbocycles. The quantitative estimate of drug-likeness (QED) is 0.570. The average Bonchev–Trinajstić information content (AvgIpc) is 2.52. The van der Waals surface area contributed by atoms with E-state index in [4.69, 9.17) is 0 Å². The molecule has 0 N–H and O–H groups in total. The number of halogens is 2. The minimum atomic E-state index is -0.230. The van der Waals surface area contributed by atoms with E-state index in [9.17, 15) is 4.39 Å². The largest absolute Gasteiger partial charge is 0.369 e. The topological polar surface area (TPSA) is 15.6 Å². The fourth-order valence-corrected chi connectivity index (χ4v) is 3.64. The first-order valence-electron chi connectivity index (χ1n) is 8.15. The highest BCUT2D eigenvalue weighted by Crippen LogP contribution is 2.43. The van der Waals surface area contributed by atoms with Crippen molar-refractivity contribution in [1.82, 2.24) is 0 Å². The molecule has 0 bridgehead atoms. The van der Waals surface area contributed by atoms with Crippen molar-refractivity contribution in [3.63, 3.8) is 0 Å². The minimum absolute atomic E-state index is 0.0336. The predicted octanol–water partition coefficient (Wildman–Crippen LogP) is 6.06. The number of hydrogen-bond acceptors (Lipinski definition) is 2. The molecule has 2 nitrogen and oxygen atoms in total. The van der Waals surface area contributed by atoms with Gasteiger partial charge in [0, 0.05) is 34.5 Å². The molecule has 0 amide bonds. The van der Waals surface area contributed by atoms with E-state index in [0.29, 0.717) is 11.5 Å². The van der Waals surface area contributed by atoms with Gasteiger partial charge in [0.1, 0.15) is 5.82 Å². The molecule has 0 fully saturated rings. The highest BCUT2D eigenvalue weighted by molar-refractivity contribution is 9.10. The maximum absolute atomic E-state index is 14.6. The fourth-order valence-electron chi connectivity index (χ4n) is 3.37. The van der Waals surface area contributed by atoms with Crippen LogP contribution in [-0.4, -0.2) is 18.8 Å². The lowest BCUT2D eigenvalue weighted by Crippen LogP contribution is -2.45. The molecule has 1 aliphatic rings. The van der Waals surface area contributed by atoms with Crippen molar-refractivity contribution in [1.29, 1.82) is 0 Å². The lowest BCUT2D eigenvalue weighted by molar-refractivity contribution is 0.394. The zero-order chi connectivity index (χ0) is 17.5. The molecule has 1 heterocycles. The van der Waals surface area contributed by atoms with Crippen molar-refractivity contribution in [3.8, 4) is 0 Å². The molecule has 24 heavy (non-hydrogen) atoms. The van der Waals surface area contributed by atoms with Crippen LogP contribution in [0.5, 0.6) is 0 Å². The van der Waals surface area contributed by atoms with Gasteiger partial charge in [0.15, 0.2) is 0 Å². The van der Waals surface area contributed by atoms with Gasteiger partial charge in [-0.05, 0) is 68.1 Å². The molecule has 0 spiro atoms. The van der Waals surface area contributed by atoms with Crippen LogP contribution < -0.4 is 4.90 Å². The highest BCUT2D eigenvalue weighted by Gasteiger charge is 2.34. The van der Waals surface area contributed by atoms with E-state index in [1.54, 1.807) is 12.3 Å². The van der Waals surface area contributed by atoms with E-state index in [1.807, 2.05) is 37.4 Å². The Bertz CT molecular complexity index is 781. The molecule has 126 valence electrons. The molecular formula is C20H22BrFN2. The van der Waals surface area contributed by atoms with Gasteiger partial charge < -0.3 is 4.90 Å². The van der Waals surface area contributed by atoms with Crippen molar-refractivity contribution >= 4 is 33.5 Å². The molecule has 0 radical (unpaired) electrons. The SMILES string of the molecule is CC1CC(C)(C)N(C)c2cc(F)c(C=Nc3ccc(Br)cc3)cc21. The summed E-state index contributed by atoms with van der Waals surface area (Å²) in [5.41, 5.74) is 3.55. The summed E-state index contributed by atoms with van der Waals surface area (Å²) in [6.45, 7) is 6.61. The Morgan fingerprint density at radius 3 is 2.58 bits per heavy atom. The van der Waals surface area contributed by atoms with E-state index in [-0.39, 0.29) is 11.4 Å². The summed E-state index contributed by atoms with van der Waals surface area (Å²) in [5, 5.41) is 0. The normalized spacial score (nSPS) is 19.6. The Morgan fingerprint density at radius 2 is 1.92 bits per heavy atom. The third-order valence-corrected chi connectivity index (χ3v) is 5.46. The average molecular weight is 389 g/mol. The molecule has 1 aliphatic heterocycles. The summed E-state index contributed by atoms with van der Waals surface area (Å²) in [4.78, 5) is 6.58. The zero-order valence-corrected chi connectivity index (χ0v) is 16.1. The van der Waals surface area contributed by atoms with Crippen molar-refractivity contribution in [2.24, 2.45) is 4.99 Å². The lowest BCUT2D eigenvalue weighted by atomic mass is 9.80. The van der Waals surface area contributed by atoms with Gasteiger partial charge in [0.2, 0.25) is 0 Å². The zero-order valence-electron chi connectivity index (χ0n) is 14.5. The highest BCUT2D eigenvalue weighted by atomic mass is 79.9. The van der Waals surface area contributed by atoms with Crippen LogP contribution in [0.1, 0.15) is 44.2 Å². The van der Waals surface area contributed by atoms with Crippen molar-refractivity contribution in [2.45, 2.75) is 38.6 Å². The summed E-state index contributed by atoms with van der Waals surface area (Å²) >= 11 is 3.40. The van der Waals surface area contributed by atoms with Crippen LogP contribution in [0, 0.1) is 5.82 Å². The van der Waals surface area contributed by atoms with E-state index < -0.39 is 0 Å². The van der Waals surface area contributed by atoms with Crippen molar-refractivity contribution < 1.29 is 4.39 Å². The number of hydrogen-bond donors (Lipinski definition) is 0. The monoisotopic (exact) mass is 388 g/mol. The van der Waals surface area contributed by atoms with Crippen LogP contribution in [0.15, 0.2) is 45.9 Å². The molecule has 0 saturated carbocycles. The van der Waals surface area contributed by atoms with Crippen LogP contribution in [-0.2, 0) is 0 Å². The Labute approximate surface area is 151 Å². The second-order valence-corrected chi connectivity index (χ2v) is 8.06. The van der Waals surface area contributed by atoms with E-state index >= 15 is 0 Å². The van der Waals surface area contributed by atoms with E-state index in [2.05, 4.69) is 46.6 Å². The first kappa shape index (κ1) is 17.2. The standard InChI is InChI=1S/C20H22BrFN2/c1-13-11-20(2,3)24(4)19-10-18(22)14(9-17(13)19)12-23-16-7-5-15(21)6-8-16/h5-10,12-13H,11H2,1-4H3. The van der Waals surface area contributed by atoms with E-state index in [1.165, 1.54) is 5.56 Å².